The normalized spacial score (nSPS) is 22.2. The maximum Gasteiger partial charge on any atom is 0.231 e. The molecule has 2 fully saturated rings. The largest absolute Gasteiger partial charge is 0.326 e. The number of carbonyl (C=O) groups excluding carboxylic acids is 3. The molecule has 33 heavy (non-hydrogen) atoms. The van der Waals surface area contributed by atoms with E-state index in [4.69, 9.17) is 46.4 Å². The maximum absolute atomic E-state index is 13.5. The van der Waals surface area contributed by atoms with Crippen LogP contribution in [-0.4, -0.2) is 21.8 Å². The standard InChI is InChI=1S/C24H20Cl4FNO3/c25-17-7-4-14(11-16(17)20(32)9-12-1-5-15(31)6-2-12)30-23(33)22-21(24(22,27)28)13-3-8-19(29)18(26)10-13/h3-4,7-8,10-12,21-22H,1-2,5-6,9H2,(H,30,33)/t21-,22+/m0/s1. The van der Waals surface area contributed by atoms with Crippen molar-refractivity contribution in [3.05, 3.63) is 63.4 Å². The number of rotatable bonds is 6. The van der Waals surface area contributed by atoms with Crippen LogP contribution in [0.15, 0.2) is 36.4 Å². The molecule has 4 nitrogen and oxygen atoms in total. The third-order valence-electron chi connectivity index (χ3n) is 6.31. The molecule has 9 heteroatoms. The van der Waals surface area contributed by atoms with Crippen LogP contribution in [0.2, 0.25) is 10.0 Å². The minimum atomic E-state index is -1.37. The van der Waals surface area contributed by atoms with Crippen LogP contribution in [0.1, 0.15) is 53.9 Å². The van der Waals surface area contributed by atoms with Crippen LogP contribution in [0, 0.1) is 17.7 Å². The highest BCUT2D eigenvalue weighted by Gasteiger charge is 2.67. The van der Waals surface area contributed by atoms with Crippen molar-refractivity contribution >= 4 is 69.6 Å². The Bertz CT molecular complexity index is 1130. The molecule has 1 amide bonds. The van der Waals surface area contributed by atoms with E-state index in [9.17, 15) is 18.8 Å². The van der Waals surface area contributed by atoms with E-state index in [1.165, 1.54) is 24.3 Å². The van der Waals surface area contributed by atoms with Gasteiger partial charge in [0.05, 0.1) is 16.0 Å². The lowest BCUT2D eigenvalue weighted by molar-refractivity contribution is -0.121. The zero-order chi connectivity index (χ0) is 23.9. The summed E-state index contributed by atoms with van der Waals surface area (Å²) in [5.41, 5.74) is 1.26. The second-order valence-electron chi connectivity index (χ2n) is 8.60. The molecule has 0 heterocycles. The molecule has 2 aliphatic rings. The van der Waals surface area contributed by atoms with Crippen molar-refractivity contribution in [2.45, 2.75) is 42.4 Å². The number of anilines is 1. The molecule has 0 spiro atoms. The average Bonchev–Trinajstić information content (AvgIpc) is 3.35. The van der Waals surface area contributed by atoms with Gasteiger partial charge in [-0.25, -0.2) is 4.39 Å². The highest BCUT2D eigenvalue weighted by Crippen LogP contribution is 2.65. The summed E-state index contributed by atoms with van der Waals surface area (Å²) >= 11 is 24.8. The van der Waals surface area contributed by atoms with Crippen LogP contribution in [0.4, 0.5) is 10.1 Å². The number of ketones is 2. The van der Waals surface area contributed by atoms with Crippen molar-refractivity contribution in [1.29, 1.82) is 0 Å². The number of Topliss-reactive ketones (excluding diaryl/α,β-unsaturated/α-hetero) is 2. The van der Waals surface area contributed by atoms with Crippen molar-refractivity contribution in [2.75, 3.05) is 5.32 Å². The fraction of sp³-hybridized carbons (Fsp3) is 0.375. The van der Waals surface area contributed by atoms with E-state index in [0.29, 0.717) is 53.9 Å². The Balaban J connectivity index is 1.45. The maximum atomic E-state index is 13.5. The molecule has 2 aromatic rings. The predicted octanol–water partition coefficient (Wildman–Crippen LogP) is 6.99. The van der Waals surface area contributed by atoms with Gasteiger partial charge in [0.1, 0.15) is 15.9 Å². The Labute approximate surface area is 210 Å². The van der Waals surface area contributed by atoms with Crippen LogP contribution in [0.3, 0.4) is 0 Å². The fourth-order valence-corrected chi connectivity index (χ4v) is 5.63. The molecule has 2 atom stereocenters. The summed E-state index contributed by atoms with van der Waals surface area (Å²) in [6.45, 7) is 0. The monoisotopic (exact) mass is 529 g/mol. The Hall–Kier alpha value is -1.66. The van der Waals surface area contributed by atoms with Crippen LogP contribution in [0.25, 0.3) is 0 Å². The number of amides is 1. The number of hydrogen-bond acceptors (Lipinski definition) is 3. The number of alkyl halides is 2. The molecular weight excluding hydrogens is 511 g/mol. The van der Waals surface area contributed by atoms with Gasteiger partial charge >= 0.3 is 0 Å². The third-order valence-corrected chi connectivity index (χ3v) is 7.87. The Morgan fingerprint density at radius 2 is 1.73 bits per heavy atom. The summed E-state index contributed by atoms with van der Waals surface area (Å²) in [6.07, 6.45) is 2.70. The smallest absolute Gasteiger partial charge is 0.231 e. The lowest BCUT2D eigenvalue weighted by Gasteiger charge is -2.20. The zero-order valence-corrected chi connectivity index (χ0v) is 20.4. The lowest BCUT2D eigenvalue weighted by Crippen LogP contribution is -2.18. The number of benzene rings is 2. The number of nitrogens with one attached hydrogen (secondary N) is 1. The van der Waals surface area contributed by atoms with Crippen molar-refractivity contribution in [3.63, 3.8) is 0 Å². The van der Waals surface area contributed by atoms with Crippen LogP contribution in [0.5, 0.6) is 0 Å². The van der Waals surface area contributed by atoms with Crippen LogP contribution < -0.4 is 5.32 Å². The van der Waals surface area contributed by atoms with Gasteiger partial charge in [0.25, 0.3) is 0 Å². The Morgan fingerprint density at radius 3 is 2.39 bits per heavy atom. The number of carbonyl (C=O) groups is 3. The molecule has 2 aliphatic carbocycles. The fourth-order valence-electron chi connectivity index (χ4n) is 4.39. The molecule has 2 saturated carbocycles. The van der Waals surface area contributed by atoms with Crippen molar-refractivity contribution in [3.8, 4) is 0 Å². The van der Waals surface area contributed by atoms with E-state index >= 15 is 0 Å². The van der Waals surface area contributed by atoms with Gasteiger partial charge in [0.15, 0.2) is 5.78 Å². The van der Waals surface area contributed by atoms with Gasteiger partial charge in [-0.05, 0) is 54.7 Å². The van der Waals surface area contributed by atoms with Gasteiger partial charge in [0, 0.05) is 36.4 Å². The zero-order valence-electron chi connectivity index (χ0n) is 17.3. The molecule has 174 valence electrons. The van der Waals surface area contributed by atoms with Gasteiger partial charge in [-0.1, -0.05) is 29.3 Å². The van der Waals surface area contributed by atoms with Crippen molar-refractivity contribution in [2.24, 2.45) is 11.8 Å². The number of hydrogen-bond donors (Lipinski definition) is 1. The van der Waals surface area contributed by atoms with Gasteiger partial charge in [-0.15, -0.1) is 23.2 Å². The van der Waals surface area contributed by atoms with E-state index in [1.54, 1.807) is 12.1 Å². The second kappa shape index (κ2) is 9.53. The predicted molar refractivity (Wildman–Crippen MR) is 128 cm³/mol. The molecule has 0 aliphatic heterocycles. The topological polar surface area (TPSA) is 63.2 Å². The highest BCUT2D eigenvalue weighted by molar-refractivity contribution is 6.53. The molecule has 0 saturated heterocycles. The summed E-state index contributed by atoms with van der Waals surface area (Å²) in [5.74, 6) is -2.10. The van der Waals surface area contributed by atoms with E-state index in [1.807, 2.05) is 0 Å². The first kappa shape index (κ1) is 24.5. The average molecular weight is 531 g/mol. The molecular formula is C24H20Cl4FNO3. The van der Waals surface area contributed by atoms with Gasteiger partial charge in [0.2, 0.25) is 5.91 Å². The summed E-state index contributed by atoms with van der Waals surface area (Å²) in [7, 11) is 0. The molecule has 0 aromatic heterocycles. The highest BCUT2D eigenvalue weighted by atomic mass is 35.5. The molecule has 2 aromatic carbocycles. The van der Waals surface area contributed by atoms with Gasteiger partial charge in [-0.2, -0.15) is 0 Å². The lowest BCUT2D eigenvalue weighted by atomic mass is 9.84. The first-order valence-electron chi connectivity index (χ1n) is 10.6. The summed E-state index contributed by atoms with van der Waals surface area (Å²) < 4.78 is 12.1. The van der Waals surface area contributed by atoms with Crippen molar-refractivity contribution < 1.29 is 18.8 Å². The van der Waals surface area contributed by atoms with E-state index in [-0.39, 0.29) is 22.5 Å². The van der Waals surface area contributed by atoms with Crippen LogP contribution >= 0.6 is 46.4 Å². The molecule has 4 rings (SSSR count). The minimum Gasteiger partial charge on any atom is -0.326 e. The van der Waals surface area contributed by atoms with Gasteiger partial charge in [-0.3, -0.25) is 14.4 Å². The molecule has 0 radical (unpaired) electrons. The SMILES string of the molecule is O=C1CCC(CC(=O)c2cc(NC(=O)[C@H]3[C@H](c4ccc(F)c(Cl)c4)C3(Cl)Cl)ccc2Cl)CC1. The first-order valence-corrected chi connectivity index (χ1v) is 12.1. The van der Waals surface area contributed by atoms with E-state index in [2.05, 4.69) is 5.32 Å². The van der Waals surface area contributed by atoms with Crippen LogP contribution in [-0.2, 0) is 9.59 Å². The Kier molecular flexibility index (Phi) is 7.07. The van der Waals surface area contributed by atoms with E-state index < -0.39 is 27.9 Å². The van der Waals surface area contributed by atoms with Gasteiger partial charge < -0.3 is 5.32 Å². The second-order valence-corrected chi connectivity index (χ2v) is 10.9. The summed E-state index contributed by atoms with van der Waals surface area (Å²) in [4.78, 5) is 37.2. The molecule has 1 N–H and O–H groups in total. The molecule has 0 bridgehead atoms. The summed E-state index contributed by atoms with van der Waals surface area (Å²) in [5, 5.41) is 2.96. The number of halogens is 5. The Morgan fingerprint density at radius 1 is 1.03 bits per heavy atom. The summed E-state index contributed by atoms with van der Waals surface area (Å²) in [6, 6.07) is 8.78. The van der Waals surface area contributed by atoms with Crippen molar-refractivity contribution in [1.82, 2.24) is 0 Å². The van der Waals surface area contributed by atoms with E-state index in [0.717, 1.165) is 0 Å². The molecule has 0 unspecified atom stereocenters. The quantitative estimate of drug-likeness (QED) is 0.323. The third kappa shape index (κ3) is 5.22. The first-order chi connectivity index (χ1) is 15.6. The minimum absolute atomic E-state index is 0.0779.